The average molecular weight is 560 g/mol. The molecule has 0 radical (unpaired) electrons. The monoisotopic (exact) mass is 559 g/mol. The molecule has 0 aliphatic rings. The van der Waals surface area contributed by atoms with E-state index in [9.17, 15) is 19.5 Å². The molecule has 3 N–H and O–H groups in total. The minimum Gasteiger partial charge on any atom is -0.444 e. The van der Waals surface area contributed by atoms with Crippen LogP contribution in [0.1, 0.15) is 70.7 Å². The Bertz CT molecular complexity index is 1110. The van der Waals surface area contributed by atoms with Crippen LogP contribution in [0.25, 0.3) is 0 Å². The summed E-state index contributed by atoms with van der Waals surface area (Å²) in [5.41, 5.74) is 2.10. The number of alkyl carbamates (subject to hydrolysis) is 1. The number of anilines is 1. The van der Waals surface area contributed by atoms with Crippen molar-refractivity contribution < 1.29 is 24.2 Å². The number of halogens is 1. The fraction of sp³-hybridized carbons (Fsp3) is 0.500. The smallest absolute Gasteiger partial charge is 0.408 e. The fourth-order valence-electron chi connectivity index (χ4n) is 4.21. The average Bonchev–Trinajstić information content (AvgIpc) is 2.84. The summed E-state index contributed by atoms with van der Waals surface area (Å²) in [6.07, 6.45) is 0.392. The molecule has 2 unspecified atom stereocenters. The van der Waals surface area contributed by atoms with Crippen LogP contribution in [0.2, 0.25) is 5.02 Å². The summed E-state index contributed by atoms with van der Waals surface area (Å²) >= 11 is 6.39. The molecule has 0 saturated heterocycles. The second-order valence-electron chi connectivity index (χ2n) is 11.0. The highest BCUT2D eigenvalue weighted by Gasteiger charge is 2.36. The third-order valence-electron chi connectivity index (χ3n) is 6.05. The lowest BCUT2D eigenvalue weighted by Crippen LogP contribution is -2.53. The van der Waals surface area contributed by atoms with Crippen molar-refractivity contribution in [2.75, 3.05) is 18.5 Å². The Balaban J connectivity index is 2.55. The van der Waals surface area contributed by atoms with Gasteiger partial charge in [0.15, 0.2) is 0 Å². The Morgan fingerprint density at radius 3 is 2.23 bits per heavy atom. The summed E-state index contributed by atoms with van der Waals surface area (Å²) in [6.45, 7) is 12.4. The van der Waals surface area contributed by atoms with E-state index in [2.05, 4.69) is 10.6 Å². The molecule has 0 saturated carbocycles. The molecule has 0 spiro atoms. The number of carbonyl (C=O) groups excluding carboxylic acids is 3. The van der Waals surface area contributed by atoms with Crippen LogP contribution in [0.15, 0.2) is 42.5 Å². The molecular formula is C30H42ClN3O5. The van der Waals surface area contributed by atoms with Gasteiger partial charge in [-0.2, -0.15) is 0 Å². The van der Waals surface area contributed by atoms with Gasteiger partial charge >= 0.3 is 6.09 Å². The maximum absolute atomic E-state index is 14.0. The van der Waals surface area contributed by atoms with Gasteiger partial charge in [0.25, 0.3) is 5.91 Å². The zero-order chi connectivity index (χ0) is 29.3. The molecule has 0 bridgehead atoms. The fourth-order valence-corrected chi connectivity index (χ4v) is 4.48. The van der Waals surface area contributed by atoms with Crippen molar-refractivity contribution in [1.29, 1.82) is 0 Å². The van der Waals surface area contributed by atoms with Crippen LogP contribution in [0.3, 0.4) is 0 Å². The van der Waals surface area contributed by atoms with Gasteiger partial charge in [-0.05, 0) is 69.2 Å². The molecule has 0 aliphatic heterocycles. The van der Waals surface area contributed by atoms with Crippen LogP contribution in [0.4, 0.5) is 10.5 Å². The number of hydrogen-bond donors (Lipinski definition) is 3. The highest BCUT2D eigenvalue weighted by molar-refractivity contribution is 6.34. The van der Waals surface area contributed by atoms with Gasteiger partial charge in [-0.15, -0.1) is 0 Å². The molecule has 0 aliphatic carbocycles. The minimum atomic E-state index is -1.10. The third-order valence-corrected chi connectivity index (χ3v) is 6.37. The van der Waals surface area contributed by atoms with Crippen LogP contribution in [0.5, 0.6) is 0 Å². The van der Waals surface area contributed by atoms with Crippen LogP contribution in [0, 0.1) is 12.8 Å². The van der Waals surface area contributed by atoms with E-state index in [4.69, 9.17) is 16.3 Å². The number of amides is 3. The highest BCUT2D eigenvalue weighted by Crippen LogP contribution is 2.30. The highest BCUT2D eigenvalue weighted by atomic mass is 35.5. The summed E-state index contributed by atoms with van der Waals surface area (Å²) < 4.78 is 5.40. The van der Waals surface area contributed by atoms with Crippen LogP contribution in [-0.2, 0) is 20.7 Å². The molecule has 8 nitrogen and oxygen atoms in total. The van der Waals surface area contributed by atoms with E-state index in [0.717, 1.165) is 17.5 Å². The molecule has 2 rings (SSSR count). The first-order chi connectivity index (χ1) is 18.3. The van der Waals surface area contributed by atoms with Gasteiger partial charge in [0.2, 0.25) is 5.91 Å². The van der Waals surface area contributed by atoms with E-state index in [1.165, 1.54) is 4.90 Å². The van der Waals surface area contributed by atoms with Gasteiger partial charge in [-0.25, -0.2) is 4.79 Å². The number of aryl methyl sites for hydroxylation is 2. The van der Waals surface area contributed by atoms with Gasteiger partial charge in [0.1, 0.15) is 17.7 Å². The number of benzene rings is 2. The number of aliphatic hydroxyl groups is 1. The van der Waals surface area contributed by atoms with E-state index < -0.39 is 35.6 Å². The van der Waals surface area contributed by atoms with Crippen molar-refractivity contribution >= 4 is 35.2 Å². The first kappa shape index (κ1) is 32.1. The van der Waals surface area contributed by atoms with E-state index in [1.807, 2.05) is 45.9 Å². The SMILES string of the molecule is CCc1ccc(C(C(=O)Nc2c(C)cccc2Cl)N(CCO)C(=O)C(CC(C)C)NC(=O)OC(C)(C)C)cc1. The number of rotatable bonds is 11. The largest absolute Gasteiger partial charge is 0.444 e. The van der Waals surface area contributed by atoms with Crippen molar-refractivity contribution in [1.82, 2.24) is 10.2 Å². The lowest BCUT2D eigenvalue weighted by molar-refractivity contribution is -0.141. The predicted molar refractivity (Wildman–Crippen MR) is 155 cm³/mol. The lowest BCUT2D eigenvalue weighted by atomic mass is 9.98. The summed E-state index contributed by atoms with van der Waals surface area (Å²) in [6, 6.07) is 10.6. The first-order valence-corrected chi connectivity index (χ1v) is 13.7. The van der Waals surface area contributed by atoms with Crippen molar-refractivity contribution in [3.8, 4) is 0 Å². The molecule has 0 aromatic heterocycles. The second-order valence-corrected chi connectivity index (χ2v) is 11.4. The van der Waals surface area contributed by atoms with Crippen molar-refractivity contribution in [3.05, 3.63) is 64.2 Å². The summed E-state index contributed by atoms with van der Waals surface area (Å²) in [5.74, 6) is -0.941. The molecule has 2 aromatic rings. The lowest BCUT2D eigenvalue weighted by Gasteiger charge is -2.34. The number of ether oxygens (including phenoxy) is 1. The van der Waals surface area contributed by atoms with Crippen molar-refractivity contribution in [2.45, 2.75) is 79.0 Å². The van der Waals surface area contributed by atoms with Gasteiger partial charge in [0.05, 0.1) is 17.3 Å². The molecule has 39 heavy (non-hydrogen) atoms. The number of nitrogens with zero attached hydrogens (tertiary/aromatic N) is 1. The van der Waals surface area contributed by atoms with Gasteiger partial charge in [-0.1, -0.05) is 68.8 Å². The van der Waals surface area contributed by atoms with Crippen molar-refractivity contribution in [2.24, 2.45) is 5.92 Å². The predicted octanol–water partition coefficient (Wildman–Crippen LogP) is 5.65. The van der Waals surface area contributed by atoms with E-state index >= 15 is 0 Å². The quantitative estimate of drug-likeness (QED) is 0.330. The molecular weight excluding hydrogens is 518 g/mol. The van der Waals surface area contributed by atoms with Gasteiger partial charge in [-0.3, -0.25) is 9.59 Å². The Hall–Kier alpha value is -3.10. The number of para-hydroxylation sites is 1. The Morgan fingerprint density at radius 1 is 1.08 bits per heavy atom. The van der Waals surface area contributed by atoms with E-state index in [1.54, 1.807) is 45.0 Å². The summed E-state index contributed by atoms with van der Waals surface area (Å²) in [4.78, 5) is 41.9. The maximum Gasteiger partial charge on any atom is 0.408 e. The third kappa shape index (κ3) is 9.55. The van der Waals surface area contributed by atoms with Crippen LogP contribution < -0.4 is 10.6 Å². The number of carbonyl (C=O) groups is 3. The Labute approximate surface area is 237 Å². The minimum absolute atomic E-state index is 0.0479. The summed E-state index contributed by atoms with van der Waals surface area (Å²) in [5, 5.41) is 15.9. The normalized spacial score (nSPS) is 13.0. The van der Waals surface area contributed by atoms with Crippen molar-refractivity contribution in [3.63, 3.8) is 0 Å². The topological polar surface area (TPSA) is 108 Å². The molecule has 0 fully saturated rings. The molecule has 2 aromatic carbocycles. The standard InChI is InChI=1S/C30H42ClN3O5/c1-8-21-12-14-22(15-13-21)26(27(36)33-25-20(4)10-9-11-23(25)31)34(16-17-35)28(37)24(18-19(2)3)32-29(38)39-30(5,6)7/h9-15,19,24,26,35H,8,16-18H2,1-7H3,(H,32,38)(H,33,36). The molecule has 9 heteroatoms. The first-order valence-electron chi connectivity index (χ1n) is 13.3. The molecule has 0 heterocycles. The maximum atomic E-state index is 14.0. The van der Waals surface area contributed by atoms with E-state index in [-0.39, 0.29) is 19.1 Å². The zero-order valence-corrected chi connectivity index (χ0v) is 24.8. The zero-order valence-electron chi connectivity index (χ0n) is 24.0. The second kappa shape index (κ2) is 14.3. The summed E-state index contributed by atoms with van der Waals surface area (Å²) in [7, 11) is 0. The Morgan fingerprint density at radius 2 is 1.72 bits per heavy atom. The van der Waals surface area contributed by atoms with Gasteiger partial charge < -0.3 is 25.4 Å². The Kier molecular flexibility index (Phi) is 11.8. The van der Waals surface area contributed by atoms with E-state index in [0.29, 0.717) is 22.7 Å². The van der Waals surface area contributed by atoms with Crippen LogP contribution >= 0.6 is 11.6 Å². The van der Waals surface area contributed by atoms with Crippen LogP contribution in [-0.4, -0.2) is 52.7 Å². The number of hydrogen-bond acceptors (Lipinski definition) is 5. The molecule has 3 amide bonds. The molecule has 214 valence electrons. The number of nitrogens with one attached hydrogen (secondary N) is 2. The number of aliphatic hydroxyl groups excluding tert-OH is 1. The molecule has 2 atom stereocenters. The van der Waals surface area contributed by atoms with Gasteiger partial charge in [0, 0.05) is 6.54 Å².